The molecule has 15 heavy (non-hydrogen) atoms. The highest BCUT2D eigenvalue weighted by Crippen LogP contribution is 2.66. The Balaban J connectivity index is 1.52. The molecule has 3 aliphatic rings. The molecule has 0 aromatic heterocycles. The average Bonchev–Trinajstić information content (AvgIpc) is 3.08. The van der Waals surface area contributed by atoms with Crippen LogP contribution in [0, 0.1) is 23.2 Å². The largest absolute Gasteiger partial charge is 0.435 e. The highest BCUT2D eigenvalue weighted by molar-refractivity contribution is 5.75. The molecule has 3 rings (SSSR count). The van der Waals surface area contributed by atoms with Crippen LogP contribution in [0.2, 0.25) is 0 Å². The molecular weight excluding hydrogens is 188 g/mol. The Morgan fingerprint density at radius 1 is 1.33 bits per heavy atom. The van der Waals surface area contributed by atoms with Crippen LogP contribution in [0.15, 0.2) is 12.3 Å². The molecule has 3 aliphatic carbocycles. The van der Waals surface area contributed by atoms with Gasteiger partial charge in [-0.1, -0.05) is 6.92 Å². The van der Waals surface area contributed by atoms with Gasteiger partial charge in [-0.2, -0.15) is 0 Å². The SMILES string of the molecule is CC12CC1CCC2C=COC(=O)C1CC1. The zero-order valence-electron chi connectivity index (χ0n) is 9.24. The van der Waals surface area contributed by atoms with Crippen LogP contribution in [0.1, 0.15) is 39.0 Å². The number of esters is 1. The molecule has 2 nitrogen and oxygen atoms in total. The molecule has 0 bridgehead atoms. The van der Waals surface area contributed by atoms with Gasteiger partial charge in [0, 0.05) is 0 Å². The molecule has 0 spiro atoms. The van der Waals surface area contributed by atoms with E-state index in [4.69, 9.17) is 4.74 Å². The second kappa shape index (κ2) is 3.10. The number of fused-ring (bicyclic) bond motifs is 1. The van der Waals surface area contributed by atoms with Gasteiger partial charge in [-0.15, -0.1) is 0 Å². The molecule has 0 aliphatic heterocycles. The minimum Gasteiger partial charge on any atom is -0.435 e. The van der Waals surface area contributed by atoms with E-state index in [0.29, 0.717) is 11.3 Å². The third-order valence-corrected chi connectivity index (χ3v) is 4.54. The summed E-state index contributed by atoms with van der Waals surface area (Å²) >= 11 is 0. The van der Waals surface area contributed by atoms with E-state index in [2.05, 4.69) is 13.0 Å². The molecule has 0 N–H and O–H groups in total. The van der Waals surface area contributed by atoms with E-state index >= 15 is 0 Å². The molecule has 0 radical (unpaired) electrons. The summed E-state index contributed by atoms with van der Waals surface area (Å²) in [4.78, 5) is 11.3. The van der Waals surface area contributed by atoms with Crippen molar-refractivity contribution < 1.29 is 9.53 Å². The molecular formula is C13H18O2. The lowest BCUT2D eigenvalue weighted by Gasteiger charge is -2.13. The van der Waals surface area contributed by atoms with Gasteiger partial charge in [0.25, 0.3) is 0 Å². The molecule has 3 fully saturated rings. The van der Waals surface area contributed by atoms with Gasteiger partial charge in [0.05, 0.1) is 12.2 Å². The van der Waals surface area contributed by atoms with E-state index in [9.17, 15) is 4.79 Å². The highest BCUT2D eigenvalue weighted by atomic mass is 16.5. The van der Waals surface area contributed by atoms with Gasteiger partial charge in [-0.05, 0) is 55.4 Å². The molecule has 2 heteroatoms. The number of carbonyl (C=O) groups excluding carboxylic acids is 1. The molecule has 0 amide bonds. The van der Waals surface area contributed by atoms with Gasteiger partial charge in [0.1, 0.15) is 0 Å². The Bertz CT molecular complexity index is 314. The summed E-state index contributed by atoms with van der Waals surface area (Å²) in [6.45, 7) is 2.36. The third-order valence-electron chi connectivity index (χ3n) is 4.54. The summed E-state index contributed by atoms with van der Waals surface area (Å²) in [5.74, 6) is 1.78. The number of rotatable bonds is 3. The van der Waals surface area contributed by atoms with Crippen molar-refractivity contribution in [2.24, 2.45) is 23.2 Å². The Morgan fingerprint density at radius 2 is 2.13 bits per heavy atom. The van der Waals surface area contributed by atoms with Crippen molar-refractivity contribution in [3.63, 3.8) is 0 Å². The summed E-state index contributed by atoms with van der Waals surface area (Å²) in [7, 11) is 0. The van der Waals surface area contributed by atoms with E-state index in [-0.39, 0.29) is 11.9 Å². The first-order valence-corrected chi connectivity index (χ1v) is 6.07. The fourth-order valence-electron chi connectivity index (χ4n) is 3.00. The van der Waals surface area contributed by atoms with Gasteiger partial charge < -0.3 is 4.74 Å². The summed E-state index contributed by atoms with van der Waals surface area (Å²) in [5, 5.41) is 0. The van der Waals surface area contributed by atoms with Gasteiger partial charge in [-0.3, -0.25) is 4.79 Å². The lowest BCUT2D eigenvalue weighted by Crippen LogP contribution is -2.07. The second-order valence-electron chi connectivity index (χ2n) is 5.63. The predicted octanol–water partition coefficient (Wildman–Crippen LogP) is 2.89. The fraction of sp³-hybridized carbons (Fsp3) is 0.769. The average molecular weight is 206 g/mol. The van der Waals surface area contributed by atoms with Crippen LogP contribution >= 0.6 is 0 Å². The number of ether oxygens (including phenoxy) is 1. The van der Waals surface area contributed by atoms with E-state index in [0.717, 1.165) is 18.8 Å². The van der Waals surface area contributed by atoms with Crippen LogP contribution in [-0.4, -0.2) is 5.97 Å². The van der Waals surface area contributed by atoms with E-state index in [1.54, 1.807) is 6.26 Å². The van der Waals surface area contributed by atoms with Crippen LogP contribution in [0.4, 0.5) is 0 Å². The molecule has 0 aromatic carbocycles. The molecule has 82 valence electrons. The highest BCUT2D eigenvalue weighted by Gasteiger charge is 2.58. The van der Waals surface area contributed by atoms with Crippen molar-refractivity contribution in [2.45, 2.75) is 39.0 Å². The van der Waals surface area contributed by atoms with Crippen LogP contribution < -0.4 is 0 Å². The minimum atomic E-state index is -0.0262. The first kappa shape index (κ1) is 9.44. The normalized spacial score (nSPS) is 43.0. The molecule has 0 heterocycles. The van der Waals surface area contributed by atoms with Gasteiger partial charge in [0.2, 0.25) is 0 Å². The van der Waals surface area contributed by atoms with Crippen LogP contribution in [0.25, 0.3) is 0 Å². The first-order valence-electron chi connectivity index (χ1n) is 6.07. The molecule has 3 atom stereocenters. The van der Waals surface area contributed by atoms with Crippen LogP contribution in [0.5, 0.6) is 0 Å². The molecule has 0 saturated heterocycles. The monoisotopic (exact) mass is 206 g/mol. The molecule has 0 aromatic rings. The number of allylic oxidation sites excluding steroid dienone is 1. The van der Waals surface area contributed by atoms with Crippen molar-refractivity contribution in [3.8, 4) is 0 Å². The third kappa shape index (κ3) is 1.60. The fourth-order valence-corrected chi connectivity index (χ4v) is 3.00. The smallest absolute Gasteiger partial charge is 0.313 e. The lowest BCUT2D eigenvalue weighted by atomic mass is 9.92. The Labute approximate surface area is 90.7 Å². The second-order valence-corrected chi connectivity index (χ2v) is 5.63. The summed E-state index contributed by atoms with van der Waals surface area (Å²) < 4.78 is 5.12. The minimum absolute atomic E-state index is 0.0262. The van der Waals surface area contributed by atoms with Crippen LogP contribution in [0.3, 0.4) is 0 Å². The maximum absolute atomic E-state index is 11.3. The van der Waals surface area contributed by atoms with Crippen molar-refractivity contribution in [2.75, 3.05) is 0 Å². The van der Waals surface area contributed by atoms with Gasteiger partial charge in [-0.25, -0.2) is 0 Å². The van der Waals surface area contributed by atoms with Crippen LogP contribution in [-0.2, 0) is 9.53 Å². The summed E-state index contributed by atoms with van der Waals surface area (Å²) in [5.41, 5.74) is 0.544. The Morgan fingerprint density at radius 3 is 2.67 bits per heavy atom. The predicted molar refractivity (Wildman–Crippen MR) is 56.9 cm³/mol. The van der Waals surface area contributed by atoms with Crippen molar-refractivity contribution in [3.05, 3.63) is 12.3 Å². The van der Waals surface area contributed by atoms with E-state index < -0.39 is 0 Å². The van der Waals surface area contributed by atoms with E-state index in [1.165, 1.54) is 19.3 Å². The topological polar surface area (TPSA) is 26.3 Å². The van der Waals surface area contributed by atoms with Gasteiger partial charge in [0.15, 0.2) is 0 Å². The first-order chi connectivity index (χ1) is 7.20. The maximum Gasteiger partial charge on any atom is 0.313 e. The molecule has 3 unspecified atom stereocenters. The Hall–Kier alpha value is -0.790. The maximum atomic E-state index is 11.3. The lowest BCUT2D eigenvalue weighted by molar-refractivity contribution is -0.139. The Kier molecular flexibility index (Phi) is 1.95. The number of hydrogen-bond acceptors (Lipinski definition) is 2. The number of hydrogen-bond donors (Lipinski definition) is 0. The van der Waals surface area contributed by atoms with Crippen molar-refractivity contribution in [1.82, 2.24) is 0 Å². The quantitative estimate of drug-likeness (QED) is 0.524. The number of carbonyl (C=O) groups is 1. The zero-order valence-corrected chi connectivity index (χ0v) is 9.24. The van der Waals surface area contributed by atoms with E-state index in [1.807, 2.05) is 0 Å². The van der Waals surface area contributed by atoms with Gasteiger partial charge >= 0.3 is 5.97 Å². The summed E-state index contributed by atoms with van der Waals surface area (Å²) in [6.07, 6.45) is 9.83. The zero-order chi connectivity index (χ0) is 10.5. The molecule has 3 saturated carbocycles. The standard InChI is InChI=1S/C13H18O2/c1-13-8-11(13)5-4-10(13)6-7-15-12(14)9-2-3-9/h6-7,9-11H,2-5,8H2,1H3. The summed E-state index contributed by atoms with van der Waals surface area (Å²) in [6, 6.07) is 0. The van der Waals surface area contributed by atoms with Crippen molar-refractivity contribution >= 4 is 5.97 Å². The van der Waals surface area contributed by atoms with Crippen molar-refractivity contribution in [1.29, 1.82) is 0 Å².